The van der Waals surface area contributed by atoms with Crippen molar-refractivity contribution in [3.63, 3.8) is 0 Å². The van der Waals surface area contributed by atoms with Gasteiger partial charge in [0, 0.05) is 18.8 Å². The molecule has 168 valence electrons. The van der Waals surface area contributed by atoms with Crippen molar-refractivity contribution < 1.29 is 14.3 Å². The van der Waals surface area contributed by atoms with E-state index >= 15 is 0 Å². The number of benzene rings is 2. The first-order valence-electron chi connectivity index (χ1n) is 10.5. The standard InChI is InChI=1S/C23H30N4O3.HI/c1-2-24-23(25-13-15-29-20-10-4-3-5-11-20)26-17-18-8-6-9-19(16-18)27-22(28)21-12-7-14-30-21;/h3-6,8-11,16,21H,2,7,12-15,17H2,1H3,(H,27,28)(H2,24,25,26);1H. The fourth-order valence-electron chi connectivity index (χ4n) is 3.12. The number of carbonyl (C=O) groups is 1. The number of carbonyl (C=O) groups excluding carboxylic acids is 1. The Balaban J connectivity index is 0.00000341. The zero-order valence-corrected chi connectivity index (χ0v) is 20.1. The largest absolute Gasteiger partial charge is 0.492 e. The van der Waals surface area contributed by atoms with Crippen molar-refractivity contribution in [1.29, 1.82) is 0 Å². The van der Waals surface area contributed by atoms with Gasteiger partial charge in [0.05, 0.1) is 13.1 Å². The van der Waals surface area contributed by atoms with Crippen molar-refractivity contribution in [3.8, 4) is 5.75 Å². The fourth-order valence-corrected chi connectivity index (χ4v) is 3.12. The van der Waals surface area contributed by atoms with Crippen molar-refractivity contribution in [2.24, 2.45) is 4.99 Å². The van der Waals surface area contributed by atoms with E-state index in [1.165, 1.54) is 0 Å². The Bertz CT molecular complexity index is 827. The number of hydrogen-bond acceptors (Lipinski definition) is 4. The average Bonchev–Trinajstić information content (AvgIpc) is 3.31. The molecule has 3 N–H and O–H groups in total. The molecule has 0 saturated carbocycles. The van der Waals surface area contributed by atoms with Crippen LogP contribution in [0.1, 0.15) is 25.3 Å². The predicted octanol–water partition coefficient (Wildman–Crippen LogP) is 3.56. The van der Waals surface area contributed by atoms with Gasteiger partial charge in [0.1, 0.15) is 18.5 Å². The van der Waals surface area contributed by atoms with Crippen LogP contribution in [-0.4, -0.2) is 44.3 Å². The summed E-state index contributed by atoms with van der Waals surface area (Å²) < 4.78 is 11.1. The summed E-state index contributed by atoms with van der Waals surface area (Å²) in [6.45, 7) is 5.13. The molecule has 1 amide bonds. The highest BCUT2D eigenvalue weighted by Crippen LogP contribution is 2.16. The maximum atomic E-state index is 12.2. The first-order valence-corrected chi connectivity index (χ1v) is 10.5. The molecule has 1 heterocycles. The summed E-state index contributed by atoms with van der Waals surface area (Å²) in [7, 11) is 0. The molecular formula is C23H31IN4O3. The molecule has 1 aliphatic rings. The van der Waals surface area contributed by atoms with Crippen LogP contribution in [0.3, 0.4) is 0 Å². The quantitative estimate of drug-likeness (QED) is 0.197. The molecular weight excluding hydrogens is 507 g/mol. The van der Waals surface area contributed by atoms with Crippen LogP contribution < -0.4 is 20.7 Å². The van der Waals surface area contributed by atoms with E-state index in [0.717, 1.165) is 42.3 Å². The fraction of sp³-hybridized carbons (Fsp3) is 0.391. The Morgan fingerprint density at radius 2 is 2.00 bits per heavy atom. The van der Waals surface area contributed by atoms with Gasteiger partial charge < -0.3 is 25.4 Å². The first-order chi connectivity index (χ1) is 14.7. The van der Waals surface area contributed by atoms with Gasteiger partial charge in [-0.25, -0.2) is 4.99 Å². The Kier molecular flexibility index (Phi) is 11.2. The highest BCUT2D eigenvalue weighted by Gasteiger charge is 2.23. The van der Waals surface area contributed by atoms with E-state index < -0.39 is 0 Å². The van der Waals surface area contributed by atoms with E-state index in [1.54, 1.807) is 0 Å². The number of para-hydroxylation sites is 1. The molecule has 1 unspecified atom stereocenters. The van der Waals surface area contributed by atoms with Crippen molar-refractivity contribution in [2.75, 3.05) is 31.6 Å². The molecule has 1 saturated heterocycles. The number of amides is 1. The lowest BCUT2D eigenvalue weighted by Crippen LogP contribution is -2.39. The van der Waals surface area contributed by atoms with Crippen LogP contribution in [0.15, 0.2) is 59.6 Å². The first kappa shape index (κ1) is 24.9. The Hall–Kier alpha value is -2.33. The molecule has 1 fully saturated rings. The molecule has 1 atom stereocenters. The molecule has 0 spiro atoms. The SMILES string of the molecule is CCNC(=NCc1cccc(NC(=O)C2CCCO2)c1)NCCOc1ccccc1.I. The number of halogens is 1. The van der Waals surface area contributed by atoms with Crippen molar-refractivity contribution >= 4 is 41.5 Å². The second kappa shape index (κ2) is 13.9. The van der Waals surface area contributed by atoms with Crippen LogP contribution in [0.4, 0.5) is 5.69 Å². The molecule has 8 heteroatoms. The molecule has 0 aromatic heterocycles. The molecule has 0 radical (unpaired) electrons. The molecule has 7 nitrogen and oxygen atoms in total. The molecule has 31 heavy (non-hydrogen) atoms. The van der Waals surface area contributed by atoms with Gasteiger partial charge in [-0.05, 0) is 49.6 Å². The van der Waals surface area contributed by atoms with Gasteiger partial charge in [0.25, 0.3) is 5.91 Å². The van der Waals surface area contributed by atoms with Crippen LogP contribution in [0.5, 0.6) is 5.75 Å². The summed E-state index contributed by atoms with van der Waals surface area (Å²) in [5, 5.41) is 9.44. The third kappa shape index (κ3) is 8.74. The number of anilines is 1. The van der Waals surface area contributed by atoms with Gasteiger partial charge in [0.2, 0.25) is 0 Å². The van der Waals surface area contributed by atoms with Crippen molar-refractivity contribution in [1.82, 2.24) is 10.6 Å². The minimum Gasteiger partial charge on any atom is -0.492 e. The van der Waals surface area contributed by atoms with Gasteiger partial charge in [-0.3, -0.25) is 4.79 Å². The van der Waals surface area contributed by atoms with Crippen LogP contribution in [0.25, 0.3) is 0 Å². The van der Waals surface area contributed by atoms with Crippen LogP contribution >= 0.6 is 24.0 Å². The minimum absolute atomic E-state index is 0. The van der Waals surface area contributed by atoms with E-state index in [-0.39, 0.29) is 36.0 Å². The predicted molar refractivity (Wildman–Crippen MR) is 134 cm³/mol. The monoisotopic (exact) mass is 538 g/mol. The number of rotatable bonds is 9. The number of ether oxygens (including phenoxy) is 2. The third-order valence-corrected chi connectivity index (χ3v) is 4.59. The van der Waals surface area contributed by atoms with Crippen molar-refractivity contribution in [2.45, 2.75) is 32.4 Å². The van der Waals surface area contributed by atoms with Crippen LogP contribution in [-0.2, 0) is 16.1 Å². The van der Waals surface area contributed by atoms with Gasteiger partial charge >= 0.3 is 0 Å². The lowest BCUT2D eigenvalue weighted by Gasteiger charge is -2.13. The molecule has 2 aromatic carbocycles. The zero-order chi connectivity index (χ0) is 21.0. The smallest absolute Gasteiger partial charge is 0.253 e. The van der Waals surface area contributed by atoms with Gasteiger partial charge in [-0.2, -0.15) is 0 Å². The molecule has 0 bridgehead atoms. The second-order valence-electron chi connectivity index (χ2n) is 6.97. The number of nitrogens with one attached hydrogen (secondary N) is 3. The highest BCUT2D eigenvalue weighted by molar-refractivity contribution is 14.0. The van der Waals surface area contributed by atoms with E-state index in [9.17, 15) is 4.79 Å². The number of nitrogens with zero attached hydrogens (tertiary/aromatic N) is 1. The molecule has 2 aromatic rings. The summed E-state index contributed by atoms with van der Waals surface area (Å²) in [6.07, 6.45) is 1.37. The Morgan fingerprint density at radius 1 is 1.16 bits per heavy atom. The Morgan fingerprint density at radius 3 is 2.74 bits per heavy atom. The third-order valence-electron chi connectivity index (χ3n) is 4.59. The summed E-state index contributed by atoms with van der Waals surface area (Å²) in [6, 6.07) is 17.5. The van der Waals surface area contributed by atoms with E-state index in [0.29, 0.717) is 26.3 Å². The van der Waals surface area contributed by atoms with E-state index in [2.05, 4.69) is 20.9 Å². The topological polar surface area (TPSA) is 84.0 Å². The zero-order valence-electron chi connectivity index (χ0n) is 17.8. The molecule has 1 aliphatic heterocycles. The highest BCUT2D eigenvalue weighted by atomic mass is 127. The normalized spacial score (nSPS) is 15.6. The number of hydrogen-bond donors (Lipinski definition) is 3. The summed E-state index contributed by atoms with van der Waals surface area (Å²) >= 11 is 0. The summed E-state index contributed by atoms with van der Waals surface area (Å²) in [5.41, 5.74) is 1.77. The van der Waals surface area contributed by atoms with E-state index in [1.807, 2.05) is 61.5 Å². The second-order valence-corrected chi connectivity index (χ2v) is 6.97. The average molecular weight is 538 g/mol. The van der Waals surface area contributed by atoms with E-state index in [4.69, 9.17) is 9.47 Å². The lowest BCUT2D eigenvalue weighted by molar-refractivity contribution is -0.124. The van der Waals surface area contributed by atoms with Gasteiger partial charge in [-0.1, -0.05) is 30.3 Å². The number of aliphatic imine (C=N–C) groups is 1. The van der Waals surface area contributed by atoms with Crippen LogP contribution in [0.2, 0.25) is 0 Å². The molecule has 0 aliphatic carbocycles. The Labute approximate surface area is 201 Å². The maximum Gasteiger partial charge on any atom is 0.253 e. The molecule has 3 rings (SSSR count). The summed E-state index contributed by atoms with van der Waals surface area (Å²) in [4.78, 5) is 16.9. The van der Waals surface area contributed by atoms with Gasteiger partial charge in [0.15, 0.2) is 5.96 Å². The van der Waals surface area contributed by atoms with Crippen LogP contribution in [0, 0.1) is 0 Å². The lowest BCUT2D eigenvalue weighted by atomic mass is 10.2. The van der Waals surface area contributed by atoms with Gasteiger partial charge in [-0.15, -0.1) is 24.0 Å². The van der Waals surface area contributed by atoms with Crippen molar-refractivity contribution in [3.05, 3.63) is 60.2 Å². The number of guanidine groups is 1. The maximum absolute atomic E-state index is 12.2. The minimum atomic E-state index is -0.339. The summed E-state index contributed by atoms with van der Waals surface area (Å²) in [5.74, 6) is 1.49.